The van der Waals surface area contributed by atoms with Crippen molar-refractivity contribution in [2.45, 2.75) is 26.1 Å². The first-order valence-electron chi connectivity index (χ1n) is 8.26. The number of hydrogen-bond donors (Lipinski definition) is 2. The van der Waals surface area contributed by atoms with E-state index in [1.807, 2.05) is 24.3 Å². The molecule has 0 aromatic heterocycles. The standard InChI is InChI=1S/C19H22F3N3O2.HI/c1-23-18(24-11-14-7-9-15(10-8-14)13-26-2)25-12-16-5-3-4-6-17(16)27-19(20,21)22;/h3-10H,11-13H2,1-2H3,(H2,23,24,25);1H. The molecule has 0 spiro atoms. The fourth-order valence-electron chi connectivity index (χ4n) is 2.38. The van der Waals surface area contributed by atoms with Gasteiger partial charge in [-0.2, -0.15) is 0 Å². The maximum atomic E-state index is 12.5. The lowest BCUT2D eigenvalue weighted by Gasteiger charge is -2.15. The van der Waals surface area contributed by atoms with Crippen molar-refractivity contribution >= 4 is 29.9 Å². The van der Waals surface area contributed by atoms with Crippen molar-refractivity contribution in [2.75, 3.05) is 14.2 Å². The molecule has 0 fully saturated rings. The number of benzene rings is 2. The van der Waals surface area contributed by atoms with Gasteiger partial charge in [0.15, 0.2) is 5.96 Å². The average molecular weight is 509 g/mol. The van der Waals surface area contributed by atoms with Gasteiger partial charge in [0.25, 0.3) is 0 Å². The summed E-state index contributed by atoms with van der Waals surface area (Å²) < 4.78 is 46.6. The summed E-state index contributed by atoms with van der Waals surface area (Å²) in [7, 11) is 3.23. The van der Waals surface area contributed by atoms with Gasteiger partial charge in [-0.15, -0.1) is 37.1 Å². The SMILES string of the molecule is CN=C(NCc1ccc(COC)cc1)NCc1ccccc1OC(F)(F)F.I. The van der Waals surface area contributed by atoms with E-state index < -0.39 is 6.36 Å². The van der Waals surface area contributed by atoms with Gasteiger partial charge in [0.1, 0.15) is 5.75 Å². The minimum atomic E-state index is -4.73. The van der Waals surface area contributed by atoms with Gasteiger partial charge < -0.3 is 20.1 Å². The minimum absolute atomic E-state index is 0. The Kier molecular flexibility index (Phi) is 10.1. The number of halogens is 4. The van der Waals surface area contributed by atoms with Crippen molar-refractivity contribution in [1.82, 2.24) is 10.6 Å². The molecular formula is C19H23F3IN3O2. The van der Waals surface area contributed by atoms with Crippen LogP contribution in [-0.2, 0) is 24.4 Å². The first kappa shape index (κ1) is 24.0. The summed E-state index contributed by atoms with van der Waals surface area (Å²) in [6.07, 6.45) is -4.73. The molecule has 28 heavy (non-hydrogen) atoms. The third-order valence-corrected chi connectivity index (χ3v) is 3.66. The average Bonchev–Trinajstić information content (AvgIpc) is 2.63. The van der Waals surface area contributed by atoms with E-state index in [9.17, 15) is 13.2 Å². The lowest BCUT2D eigenvalue weighted by Crippen LogP contribution is -2.36. The number of nitrogens with one attached hydrogen (secondary N) is 2. The number of ether oxygens (including phenoxy) is 2. The first-order chi connectivity index (χ1) is 12.9. The van der Waals surface area contributed by atoms with E-state index >= 15 is 0 Å². The zero-order valence-corrected chi connectivity index (χ0v) is 17.9. The number of para-hydroxylation sites is 1. The van der Waals surface area contributed by atoms with Crippen molar-refractivity contribution in [3.63, 3.8) is 0 Å². The highest BCUT2D eigenvalue weighted by Crippen LogP contribution is 2.26. The van der Waals surface area contributed by atoms with E-state index in [-0.39, 0.29) is 36.3 Å². The predicted octanol–water partition coefficient (Wildman–Crippen LogP) is 4.21. The molecule has 0 aliphatic carbocycles. The molecule has 0 aliphatic heterocycles. The molecule has 2 N–H and O–H groups in total. The Morgan fingerprint density at radius 1 is 0.964 bits per heavy atom. The number of nitrogens with zero attached hydrogens (tertiary/aromatic N) is 1. The van der Waals surface area contributed by atoms with Crippen molar-refractivity contribution in [1.29, 1.82) is 0 Å². The van der Waals surface area contributed by atoms with Gasteiger partial charge in [-0.1, -0.05) is 42.5 Å². The highest BCUT2D eigenvalue weighted by molar-refractivity contribution is 14.0. The lowest BCUT2D eigenvalue weighted by molar-refractivity contribution is -0.274. The van der Waals surface area contributed by atoms with Crippen LogP contribution in [0.2, 0.25) is 0 Å². The molecule has 2 aromatic carbocycles. The number of alkyl halides is 3. The van der Waals surface area contributed by atoms with Gasteiger partial charge in [0.05, 0.1) is 6.61 Å². The molecule has 0 radical (unpaired) electrons. The van der Waals surface area contributed by atoms with Crippen LogP contribution in [0.1, 0.15) is 16.7 Å². The Hall–Kier alpha value is -2.01. The van der Waals surface area contributed by atoms with Crippen LogP contribution < -0.4 is 15.4 Å². The summed E-state index contributed by atoms with van der Waals surface area (Å²) >= 11 is 0. The maximum absolute atomic E-state index is 12.5. The Balaban J connectivity index is 0.00000392. The second kappa shape index (κ2) is 11.7. The molecule has 0 saturated heterocycles. The van der Waals surface area contributed by atoms with E-state index in [1.54, 1.807) is 26.3 Å². The Labute approximate surface area is 179 Å². The second-order valence-corrected chi connectivity index (χ2v) is 5.68. The largest absolute Gasteiger partial charge is 0.573 e. The third kappa shape index (κ3) is 8.34. The number of methoxy groups -OCH3 is 1. The van der Waals surface area contributed by atoms with Gasteiger partial charge >= 0.3 is 6.36 Å². The summed E-state index contributed by atoms with van der Waals surface area (Å²) in [5, 5.41) is 6.11. The summed E-state index contributed by atoms with van der Waals surface area (Å²) in [6, 6.07) is 13.9. The van der Waals surface area contributed by atoms with Crippen LogP contribution in [-0.4, -0.2) is 26.5 Å². The monoisotopic (exact) mass is 509 g/mol. The van der Waals surface area contributed by atoms with Crippen LogP contribution in [0.5, 0.6) is 5.75 Å². The molecule has 154 valence electrons. The van der Waals surface area contributed by atoms with E-state index in [0.717, 1.165) is 11.1 Å². The van der Waals surface area contributed by atoms with Gasteiger partial charge in [-0.05, 0) is 17.2 Å². The number of hydrogen-bond acceptors (Lipinski definition) is 3. The number of aliphatic imine (C=N–C) groups is 1. The highest BCUT2D eigenvalue weighted by Gasteiger charge is 2.31. The third-order valence-electron chi connectivity index (χ3n) is 3.66. The van der Waals surface area contributed by atoms with E-state index in [4.69, 9.17) is 4.74 Å². The van der Waals surface area contributed by atoms with Crippen LogP contribution in [0.4, 0.5) is 13.2 Å². The molecule has 0 bridgehead atoms. The van der Waals surface area contributed by atoms with E-state index in [2.05, 4.69) is 20.4 Å². The summed E-state index contributed by atoms with van der Waals surface area (Å²) in [6.45, 7) is 1.21. The molecular weight excluding hydrogens is 486 g/mol. The summed E-state index contributed by atoms with van der Waals surface area (Å²) in [5.41, 5.74) is 2.49. The van der Waals surface area contributed by atoms with Crippen molar-refractivity contribution in [2.24, 2.45) is 4.99 Å². The van der Waals surface area contributed by atoms with Gasteiger partial charge in [-0.25, -0.2) is 0 Å². The van der Waals surface area contributed by atoms with Crippen molar-refractivity contribution in [3.8, 4) is 5.75 Å². The van der Waals surface area contributed by atoms with Crippen LogP contribution >= 0.6 is 24.0 Å². The first-order valence-corrected chi connectivity index (χ1v) is 8.26. The predicted molar refractivity (Wildman–Crippen MR) is 113 cm³/mol. The summed E-state index contributed by atoms with van der Waals surface area (Å²) in [4.78, 5) is 4.08. The Morgan fingerprint density at radius 2 is 1.57 bits per heavy atom. The maximum Gasteiger partial charge on any atom is 0.573 e. The number of guanidine groups is 1. The quantitative estimate of drug-likeness (QED) is 0.334. The van der Waals surface area contributed by atoms with Gasteiger partial charge in [-0.3, -0.25) is 4.99 Å². The van der Waals surface area contributed by atoms with Crippen LogP contribution in [0, 0.1) is 0 Å². The normalized spacial score (nSPS) is 11.5. The Morgan fingerprint density at radius 3 is 2.18 bits per heavy atom. The van der Waals surface area contributed by atoms with Crippen molar-refractivity contribution in [3.05, 3.63) is 65.2 Å². The van der Waals surface area contributed by atoms with E-state index in [1.165, 1.54) is 12.1 Å². The molecule has 9 heteroatoms. The molecule has 2 aromatic rings. The molecule has 0 amide bonds. The molecule has 2 rings (SSSR count). The molecule has 0 unspecified atom stereocenters. The zero-order chi connectivity index (χ0) is 19.7. The highest BCUT2D eigenvalue weighted by atomic mass is 127. The fourth-order valence-corrected chi connectivity index (χ4v) is 2.38. The molecule has 0 aliphatic rings. The zero-order valence-electron chi connectivity index (χ0n) is 15.5. The molecule has 5 nitrogen and oxygen atoms in total. The Bertz CT molecular complexity index is 753. The fraction of sp³-hybridized carbons (Fsp3) is 0.316. The van der Waals surface area contributed by atoms with Crippen LogP contribution in [0.15, 0.2) is 53.5 Å². The molecule has 0 heterocycles. The van der Waals surface area contributed by atoms with Gasteiger partial charge in [0, 0.05) is 32.8 Å². The lowest BCUT2D eigenvalue weighted by atomic mass is 10.1. The topological polar surface area (TPSA) is 54.9 Å². The molecule has 0 atom stereocenters. The second-order valence-electron chi connectivity index (χ2n) is 5.68. The van der Waals surface area contributed by atoms with Crippen LogP contribution in [0.3, 0.4) is 0 Å². The van der Waals surface area contributed by atoms with E-state index in [0.29, 0.717) is 24.7 Å². The summed E-state index contributed by atoms with van der Waals surface area (Å²) in [5.74, 6) is 0.236. The molecule has 0 saturated carbocycles. The minimum Gasteiger partial charge on any atom is -0.405 e. The van der Waals surface area contributed by atoms with Crippen molar-refractivity contribution < 1.29 is 22.6 Å². The smallest absolute Gasteiger partial charge is 0.405 e. The van der Waals surface area contributed by atoms with Gasteiger partial charge in [0.2, 0.25) is 0 Å². The van der Waals surface area contributed by atoms with Crippen LogP contribution in [0.25, 0.3) is 0 Å². The number of rotatable bonds is 7.